The minimum atomic E-state index is 0.623. The number of hydrogen-bond acceptors (Lipinski definition) is 2. The maximum Gasteiger partial charge on any atom is 0.129 e. The molecule has 0 saturated carbocycles. The van der Waals surface area contributed by atoms with Crippen LogP contribution in [0.4, 0.5) is 5.82 Å². The third kappa shape index (κ3) is 1.87. The smallest absolute Gasteiger partial charge is 0.129 e. The number of rotatable bonds is 1. The highest BCUT2D eigenvalue weighted by Crippen LogP contribution is 2.33. The first kappa shape index (κ1) is 10.5. The first-order valence-corrected chi connectivity index (χ1v) is 5.49. The Hall–Kier alpha value is -1.00. The Morgan fingerprint density at radius 2 is 2.13 bits per heavy atom. The van der Waals surface area contributed by atoms with Crippen LogP contribution in [-0.2, 0) is 7.05 Å². The normalized spacial score (nSPS) is 10.6. The highest BCUT2D eigenvalue weighted by atomic mass is 79.9. The molecule has 3 nitrogen and oxygen atoms in total. The summed E-state index contributed by atoms with van der Waals surface area (Å²) in [5.41, 5.74) is 7.72. The molecular weight excluding hydrogens is 277 g/mol. The van der Waals surface area contributed by atoms with Crippen LogP contribution in [-0.4, -0.2) is 9.78 Å². The summed E-state index contributed by atoms with van der Waals surface area (Å²) in [6.45, 7) is 0. The number of benzene rings is 1. The predicted octanol–water partition coefficient (Wildman–Crippen LogP) is 3.09. The third-order valence-electron chi connectivity index (χ3n) is 2.20. The Morgan fingerprint density at radius 1 is 1.40 bits per heavy atom. The van der Waals surface area contributed by atoms with Crippen molar-refractivity contribution in [1.82, 2.24) is 9.78 Å². The lowest BCUT2D eigenvalue weighted by atomic mass is 10.1. The maximum absolute atomic E-state index is 5.94. The fourth-order valence-corrected chi connectivity index (χ4v) is 1.99. The number of aromatic nitrogens is 2. The lowest BCUT2D eigenvalue weighted by molar-refractivity contribution is 0.779. The van der Waals surface area contributed by atoms with E-state index >= 15 is 0 Å². The van der Waals surface area contributed by atoms with Gasteiger partial charge in [0.15, 0.2) is 0 Å². The summed E-state index contributed by atoms with van der Waals surface area (Å²) in [7, 11) is 1.80. The molecule has 1 heterocycles. The van der Waals surface area contributed by atoms with Crippen molar-refractivity contribution in [1.29, 1.82) is 0 Å². The van der Waals surface area contributed by atoms with Gasteiger partial charge in [-0.15, -0.1) is 0 Å². The molecule has 0 unspecified atom stereocenters. The van der Waals surface area contributed by atoms with Crippen LogP contribution in [0.2, 0.25) is 5.02 Å². The highest BCUT2D eigenvalue weighted by Gasteiger charge is 2.10. The van der Waals surface area contributed by atoms with Gasteiger partial charge in [0.25, 0.3) is 0 Å². The number of nitrogens with two attached hydrogens (primary N) is 1. The first-order chi connectivity index (χ1) is 7.09. The molecule has 1 aromatic heterocycles. The SMILES string of the molecule is Cn1ncc(-c2cc(Cl)ccc2Br)c1N. The first-order valence-electron chi connectivity index (χ1n) is 4.32. The molecule has 2 N–H and O–H groups in total. The molecule has 0 aliphatic heterocycles. The van der Waals surface area contributed by atoms with E-state index < -0.39 is 0 Å². The molecule has 0 atom stereocenters. The zero-order chi connectivity index (χ0) is 11.0. The van der Waals surface area contributed by atoms with Crippen LogP contribution >= 0.6 is 27.5 Å². The van der Waals surface area contributed by atoms with Gasteiger partial charge >= 0.3 is 0 Å². The van der Waals surface area contributed by atoms with Gasteiger partial charge in [-0.3, -0.25) is 4.68 Å². The summed E-state index contributed by atoms with van der Waals surface area (Å²) in [6, 6.07) is 5.57. The Labute approximate surface area is 101 Å². The second-order valence-electron chi connectivity index (χ2n) is 3.19. The van der Waals surface area contributed by atoms with Gasteiger partial charge < -0.3 is 5.73 Å². The van der Waals surface area contributed by atoms with E-state index in [-0.39, 0.29) is 0 Å². The molecule has 15 heavy (non-hydrogen) atoms. The van der Waals surface area contributed by atoms with E-state index in [1.165, 1.54) is 0 Å². The maximum atomic E-state index is 5.94. The summed E-state index contributed by atoms with van der Waals surface area (Å²) >= 11 is 9.40. The van der Waals surface area contributed by atoms with Crippen LogP contribution in [0.1, 0.15) is 0 Å². The molecule has 0 saturated heterocycles. The summed E-state index contributed by atoms with van der Waals surface area (Å²) in [5, 5.41) is 4.77. The van der Waals surface area contributed by atoms with Gasteiger partial charge in [-0.1, -0.05) is 27.5 Å². The molecule has 78 valence electrons. The van der Waals surface area contributed by atoms with Crippen LogP contribution in [0.25, 0.3) is 11.1 Å². The molecule has 0 aliphatic carbocycles. The van der Waals surface area contributed by atoms with Crippen LogP contribution in [0.3, 0.4) is 0 Å². The molecular formula is C10H9BrClN3. The number of nitrogens with zero attached hydrogens (tertiary/aromatic N) is 2. The van der Waals surface area contributed by atoms with Gasteiger partial charge in [0.2, 0.25) is 0 Å². The molecule has 2 aromatic rings. The molecule has 1 aromatic carbocycles. The Bertz CT molecular complexity index is 507. The molecule has 0 radical (unpaired) electrons. The fraction of sp³-hybridized carbons (Fsp3) is 0.100. The summed E-state index contributed by atoms with van der Waals surface area (Å²) in [5.74, 6) is 0.623. The molecule has 0 fully saturated rings. The van der Waals surface area contributed by atoms with Gasteiger partial charge in [-0.2, -0.15) is 5.10 Å². The van der Waals surface area contributed by atoms with Crippen molar-refractivity contribution in [3.63, 3.8) is 0 Å². The van der Waals surface area contributed by atoms with E-state index in [2.05, 4.69) is 21.0 Å². The Morgan fingerprint density at radius 3 is 2.73 bits per heavy atom. The summed E-state index contributed by atoms with van der Waals surface area (Å²) in [4.78, 5) is 0. The van der Waals surface area contributed by atoms with Gasteiger partial charge in [0, 0.05) is 27.7 Å². The van der Waals surface area contributed by atoms with Crippen LogP contribution < -0.4 is 5.73 Å². The topological polar surface area (TPSA) is 43.8 Å². The van der Waals surface area contributed by atoms with Crippen LogP contribution in [0, 0.1) is 0 Å². The van der Waals surface area contributed by atoms with E-state index in [0.717, 1.165) is 15.6 Å². The summed E-state index contributed by atoms with van der Waals surface area (Å²) < 4.78 is 2.58. The van der Waals surface area contributed by atoms with Crippen molar-refractivity contribution < 1.29 is 0 Å². The van der Waals surface area contributed by atoms with E-state index in [1.54, 1.807) is 17.9 Å². The van der Waals surface area contributed by atoms with Gasteiger partial charge in [-0.05, 0) is 18.2 Å². The molecule has 0 aliphatic rings. The predicted molar refractivity (Wildman–Crippen MR) is 65.8 cm³/mol. The number of aryl methyl sites for hydroxylation is 1. The lowest BCUT2D eigenvalue weighted by Crippen LogP contribution is -1.98. The average molecular weight is 287 g/mol. The van der Waals surface area contributed by atoms with Crippen molar-refractivity contribution in [2.75, 3.05) is 5.73 Å². The highest BCUT2D eigenvalue weighted by molar-refractivity contribution is 9.10. The Balaban J connectivity index is 2.63. The van der Waals surface area contributed by atoms with E-state index in [0.29, 0.717) is 10.8 Å². The van der Waals surface area contributed by atoms with E-state index in [1.807, 2.05) is 18.2 Å². The van der Waals surface area contributed by atoms with Gasteiger partial charge in [0.05, 0.1) is 6.20 Å². The second kappa shape index (κ2) is 3.87. The van der Waals surface area contributed by atoms with Crippen molar-refractivity contribution in [2.45, 2.75) is 0 Å². The van der Waals surface area contributed by atoms with Crippen molar-refractivity contribution in [2.24, 2.45) is 7.05 Å². The van der Waals surface area contributed by atoms with E-state index in [4.69, 9.17) is 17.3 Å². The number of nitrogen functional groups attached to an aromatic ring is 1. The average Bonchev–Trinajstić information content (AvgIpc) is 2.52. The van der Waals surface area contributed by atoms with Crippen molar-refractivity contribution >= 4 is 33.3 Å². The van der Waals surface area contributed by atoms with Gasteiger partial charge in [0.1, 0.15) is 5.82 Å². The third-order valence-corrected chi connectivity index (χ3v) is 3.13. The van der Waals surface area contributed by atoms with Crippen LogP contribution in [0.5, 0.6) is 0 Å². The molecule has 2 rings (SSSR count). The zero-order valence-corrected chi connectivity index (χ0v) is 10.4. The zero-order valence-electron chi connectivity index (χ0n) is 8.04. The summed E-state index contributed by atoms with van der Waals surface area (Å²) in [6.07, 6.45) is 1.73. The largest absolute Gasteiger partial charge is 0.383 e. The molecule has 5 heteroatoms. The number of anilines is 1. The standard InChI is InChI=1S/C10H9BrClN3/c1-15-10(13)8(5-14-15)7-4-6(12)2-3-9(7)11/h2-5H,13H2,1H3. The van der Waals surface area contributed by atoms with Gasteiger partial charge in [-0.25, -0.2) is 0 Å². The molecule has 0 amide bonds. The lowest BCUT2D eigenvalue weighted by Gasteiger charge is -2.04. The monoisotopic (exact) mass is 285 g/mol. The molecule has 0 bridgehead atoms. The number of halogens is 2. The quantitative estimate of drug-likeness (QED) is 0.875. The minimum Gasteiger partial charge on any atom is -0.383 e. The molecule has 0 spiro atoms. The van der Waals surface area contributed by atoms with E-state index in [9.17, 15) is 0 Å². The van der Waals surface area contributed by atoms with Crippen LogP contribution in [0.15, 0.2) is 28.9 Å². The fourth-order valence-electron chi connectivity index (χ4n) is 1.36. The Kier molecular flexibility index (Phi) is 2.71. The minimum absolute atomic E-state index is 0.623. The van der Waals surface area contributed by atoms with Crippen molar-refractivity contribution in [3.8, 4) is 11.1 Å². The van der Waals surface area contributed by atoms with Crippen molar-refractivity contribution in [3.05, 3.63) is 33.9 Å². The number of hydrogen-bond donors (Lipinski definition) is 1. The second-order valence-corrected chi connectivity index (χ2v) is 4.48.